The molecule has 6 rings (SSSR count). The summed E-state index contributed by atoms with van der Waals surface area (Å²) >= 11 is 3.47. The van der Waals surface area contributed by atoms with E-state index >= 15 is 0 Å². The average Bonchev–Trinajstić information content (AvgIpc) is 3.81. The SMILES string of the molecule is C[Si](C)(C)CCOCn1ncc2c(N)ncc(Br)c21.C[Si](C)(C)CCOCn1ncc2c(N)ncc(NC(=O)C(=O)N(Cc3ccccc3)Cc3ccccc3)c21. The van der Waals surface area contributed by atoms with Crippen molar-refractivity contribution < 1.29 is 19.1 Å². The van der Waals surface area contributed by atoms with E-state index in [-0.39, 0.29) is 12.5 Å². The Balaban J connectivity index is 0.000000273. The number of hydrogen-bond donors (Lipinski definition) is 3. The zero-order chi connectivity index (χ0) is 41.2. The minimum atomic E-state index is -1.24. The number of aromatic nitrogens is 6. The van der Waals surface area contributed by atoms with E-state index in [1.807, 2.05) is 65.3 Å². The summed E-state index contributed by atoms with van der Waals surface area (Å²) < 4.78 is 15.9. The van der Waals surface area contributed by atoms with E-state index in [4.69, 9.17) is 20.9 Å². The number of pyridine rings is 2. The van der Waals surface area contributed by atoms with Crippen LogP contribution in [0.4, 0.5) is 17.3 Å². The second-order valence-electron chi connectivity index (χ2n) is 16.1. The molecule has 0 radical (unpaired) electrons. The number of fused-ring (bicyclic) bond motifs is 2. The molecule has 0 unspecified atom stereocenters. The van der Waals surface area contributed by atoms with Crippen molar-refractivity contribution in [1.82, 2.24) is 34.4 Å². The number of halogens is 1. The maximum absolute atomic E-state index is 13.4. The Morgan fingerprint density at radius 3 is 1.65 bits per heavy atom. The standard InChI is InChI=1S/C28H34N6O3Si.C12H19BrN4OSi/c1-38(2,3)15-14-37-20-34-25-23(16-31-34)26(29)30-17-24(25)32-27(35)28(36)33(18-21-10-6-4-7-11-21)19-22-12-8-5-9-13-22;1-19(2,3)5-4-18-8-17-11-9(6-16-17)12(14)15-7-10(11)13/h4-13,16-17H,14-15,18-20H2,1-3H3,(H2,29,30)(H,32,35);6-7H,4-5,8H2,1-3H3,(H2,14,15). The van der Waals surface area contributed by atoms with E-state index in [2.05, 4.69) is 80.7 Å². The number of nitrogens with two attached hydrogens (primary N) is 2. The highest BCUT2D eigenvalue weighted by atomic mass is 79.9. The van der Waals surface area contributed by atoms with Crippen LogP contribution < -0.4 is 16.8 Å². The molecule has 6 aromatic rings. The van der Waals surface area contributed by atoms with Crippen LogP contribution in [-0.2, 0) is 45.6 Å². The number of carbonyl (C=O) groups excluding carboxylic acids is 2. The Bertz CT molecular complexity index is 2220. The first-order valence-corrected chi connectivity index (χ1v) is 27.0. The zero-order valence-electron chi connectivity index (χ0n) is 33.5. The Labute approximate surface area is 344 Å². The zero-order valence-corrected chi connectivity index (χ0v) is 37.1. The van der Waals surface area contributed by atoms with Crippen LogP contribution in [0, 0.1) is 0 Å². The lowest BCUT2D eigenvalue weighted by molar-refractivity contribution is -0.144. The Morgan fingerprint density at radius 2 is 1.16 bits per heavy atom. The fraction of sp³-hybridized carbons (Fsp3) is 0.350. The highest BCUT2D eigenvalue weighted by Crippen LogP contribution is 2.28. The van der Waals surface area contributed by atoms with Crippen LogP contribution in [0.5, 0.6) is 0 Å². The summed E-state index contributed by atoms with van der Waals surface area (Å²) in [6.45, 7) is 16.5. The molecule has 0 aliphatic heterocycles. The van der Waals surface area contributed by atoms with Gasteiger partial charge in [0.25, 0.3) is 0 Å². The molecule has 0 atom stereocenters. The number of carbonyl (C=O) groups is 2. The first-order chi connectivity index (χ1) is 27.1. The molecule has 4 heterocycles. The molecule has 4 aromatic heterocycles. The molecular weight excluding hydrogens is 821 g/mol. The van der Waals surface area contributed by atoms with Crippen molar-refractivity contribution in [3.8, 4) is 0 Å². The Kier molecular flexibility index (Phi) is 14.7. The van der Waals surface area contributed by atoms with E-state index in [1.54, 1.807) is 23.3 Å². The highest BCUT2D eigenvalue weighted by molar-refractivity contribution is 9.10. The van der Waals surface area contributed by atoms with Crippen molar-refractivity contribution in [2.75, 3.05) is 30.0 Å². The molecule has 0 fully saturated rings. The summed E-state index contributed by atoms with van der Waals surface area (Å²) in [7, 11) is -2.29. The van der Waals surface area contributed by atoms with Crippen molar-refractivity contribution in [3.05, 3.63) is 101 Å². The number of amides is 2. The smallest absolute Gasteiger partial charge is 0.314 e. The molecule has 0 aliphatic carbocycles. The summed E-state index contributed by atoms with van der Waals surface area (Å²) in [6.07, 6.45) is 6.46. The van der Waals surface area contributed by atoms with Gasteiger partial charge in [0.2, 0.25) is 0 Å². The van der Waals surface area contributed by atoms with Crippen LogP contribution in [0.3, 0.4) is 0 Å². The predicted molar refractivity (Wildman–Crippen MR) is 236 cm³/mol. The van der Waals surface area contributed by atoms with Gasteiger partial charge in [-0.1, -0.05) is 99.9 Å². The lowest BCUT2D eigenvalue weighted by Gasteiger charge is -2.22. The number of nitrogen functional groups attached to an aromatic ring is 2. The van der Waals surface area contributed by atoms with E-state index in [0.29, 0.717) is 48.8 Å². The van der Waals surface area contributed by atoms with Crippen molar-refractivity contribution in [2.45, 2.75) is 77.9 Å². The lowest BCUT2D eigenvalue weighted by Crippen LogP contribution is -2.39. The van der Waals surface area contributed by atoms with E-state index in [1.165, 1.54) is 11.1 Å². The Hall–Kier alpha value is -4.95. The minimum absolute atomic E-state index is 0.197. The molecular formula is C40H53BrN10O4Si2. The maximum atomic E-state index is 13.4. The van der Waals surface area contributed by atoms with Crippen molar-refractivity contribution in [2.24, 2.45) is 0 Å². The summed E-state index contributed by atoms with van der Waals surface area (Å²) in [5, 5.41) is 12.9. The van der Waals surface area contributed by atoms with Crippen LogP contribution in [0.1, 0.15) is 11.1 Å². The molecule has 0 bridgehead atoms. The van der Waals surface area contributed by atoms with Crippen molar-refractivity contribution in [3.63, 3.8) is 0 Å². The van der Waals surface area contributed by atoms with Crippen LogP contribution in [0.15, 0.2) is 89.9 Å². The van der Waals surface area contributed by atoms with Gasteiger partial charge in [-0.2, -0.15) is 10.2 Å². The minimum Gasteiger partial charge on any atom is -0.383 e. The summed E-state index contributed by atoms with van der Waals surface area (Å²) in [5.41, 5.74) is 15.6. The van der Waals surface area contributed by atoms with Gasteiger partial charge in [0, 0.05) is 48.6 Å². The molecule has 2 amide bonds. The highest BCUT2D eigenvalue weighted by Gasteiger charge is 2.25. The van der Waals surface area contributed by atoms with Gasteiger partial charge in [-0.05, 0) is 39.1 Å². The molecule has 2 aromatic carbocycles. The summed E-state index contributed by atoms with van der Waals surface area (Å²) in [4.78, 5) is 36.5. The van der Waals surface area contributed by atoms with E-state index in [9.17, 15) is 9.59 Å². The van der Waals surface area contributed by atoms with Crippen LogP contribution in [0.25, 0.3) is 21.8 Å². The fourth-order valence-electron chi connectivity index (χ4n) is 5.68. The van der Waals surface area contributed by atoms with Gasteiger partial charge >= 0.3 is 11.8 Å². The van der Waals surface area contributed by atoms with Gasteiger partial charge in [0.15, 0.2) is 0 Å². The quantitative estimate of drug-likeness (QED) is 0.0529. The fourth-order valence-corrected chi connectivity index (χ4v) is 7.71. The second-order valence-corrected chi connectivity index (χ2v) is 28.2. The molecule has 0 spiro atoms. The van der Waals surface area contributed by atoms with E-state index in [0.717, 1.165) is 45.2 Å². The van der Waals surface area contributed by atoms with Crippen LogP contribution >= 0.6 is 15.9 Å². The number of benzene rings is 2. The maximum Gasteiger partial charge on any atom is 0.314 e. The number of rotatable bonds is 15. The van der Waals surface area contributed by atoms with Gasteiger partial charge in [-0.25, -0.2) is 19.3 Å². The Morgan fingerprint density at radius 1 is 0.702 bits per heavy atom. The molecule has 0 aliphatic rings. The number of hydrogen-bond acceptors (Lipinski definition) is 10. The molecule has 14 nitrogen and oxygen atoms in total. The predicted octanol–water partition coefficient (Wildman–Crippen LogP) is 7.58. The van der Waals surface area contributed by atoms with Gasteiger partial charge < -0.3 is 31.2 Å². The van der Waals surface area contributed by atoms with Crippen molar-refractivity contribution in [1.29, 1.82) is 0 Å². The van der Waals surface area contributed by atoms with Gasteiger partial charge in [-0.3, -0.25) is 9.59 Å². The third kappa shape index (κ3) is 12.5. The van der Waals surface area contributed by atoms with Gasteiger partial charge in [0.05, 0.1) is 50.6 Å². The molecule has 0 saturated carbocycles. The largest absolute Gasteiger partial charge is 0.383 e. The molecule has 5 N–H and O–H groups in total. The monoisotopic (exact) mass is 872 g/mol. The molecule has 0 saturated heterocycles. The molecule has 17 heteroatoms. The van der Waals surface area contributed by atoms with Crippen molar-refractivity contribution >= 4 is 83.0 Å². The summed E-state index contributed by atoms with van der Waals surface area (Å²) in [5.74, 6) is -0.642. The average molecular weight is 874 g/mol. The third-order valence-corrected chi connectivity index (χ3v) is 12.9. The molecule has 57 heavy (non-hydrogen) atoms. The normalized spacial score (nSPS) is 11.7. The van der Waals surface area contributed by atoms with Gasteiger partial charge in [0.1, 0.15) is 25.1 Å². The number of anilines is 3. The van der Waals surface area contributed by atoms with E-state index < -0.39 is 28.0 Å². The topological polar surface area (TPSA) is 181 Å². The van der Waals surface area contributed by atoms with Gasteiger partial charge in [-0.15, -0.1) is 0 Å². The number of ether oxygens (including phenoxy) is 2. The van der Waals surface area contributed by atoms with Crippen LogP contribution in [0.2, 0.25) is 51.4 Å². The number of nitrogens with one attached hydrogen (secondary N) is 1. The third-order valence-electron chi connectivity index (χ3n) is 8.94. The second kappa shape index (κ2) is 19.5. The lowest BCUT2D eigenvalue weighted by atomic mass is 10.1. The number of nitrogens with zero attached hydrogens (tertiary/aromatic N) is 7. The molecule has 302 valence electrons. The first kappa shape index (κ1) is 43.2. The van der Waals surface area contributed by atoms with Crippen LogP contribution in [-0.4, -0.2) is 75.6 Å². The summed E-state index contributed by atoms with van der Waals surface area (Å²) in [6, 6.07) is 21.3. The first-order valence-electron chi connectivity index (χ1n) is 18.8.